The Balaban J connectivity index is 1.60. The van der Waals surface area contributed by atoms with Gasteiger partial charge in [0.2, 0.25) is 5.79 Å². The summed E-state index contributed by atoms with van der Waals surface area (Å²) >= 11 is 0. The number of nitrogens with zero attached hydrogens (tertiary/aromatic N) is 1. The quantitative estimate of drug-likeness (QED) is 0.783. The van der Waals surface area contributed by atoms with Gasteiger partial charge in [0.1, 0.15) is 0 Å². The lowest BCUT2D eigenvalue weighted by Crippen LogP contribution is -2.70. The minimum atomic E-state index is -0.656. The number of hydrogen-bond donors (Lipinski definition) is 1. The zero-order valence-electron chi connectivity index (χ0n) is 14.8. The van der Waals surface area contributed by atoms with Crippen LogP contribution in [0.5, 0.6) is 11.5 Å². The second kappa shape index (κ2) is 4.51. The smallest absolute Gasteiger partial charge is 0.207 e. The maximum absolute atomic E-state index is 10.5. The van der Waals surface area contributed by atoms with E-state index in [2.05, 4.69) is 24.9 Å². The molecule has 0 radical (unpaired) electrons. The molecule has 2 spiro atoms. The molecule has 2 bridgehead atoms. The number of phenolic OH excluding ortho intramolecular Hbond substituents is 1. The maximum Gasteiger partial charge on any atom is 0.207 e. The number of piperidine rings is 1. The molecule has 3 heterocycles. The number of benzene rings is 1. The molecule has 25 heavy (non-hydrogen) atoms. The molecule has 3 fully saturated rings. The van der Waals surface area contributed by atoms with Gasteiger partial charge in [-0.15, -0.1) is 0 Å². The fraction of sp³-hybridized carbons (Fsp3) is 0.700. The highest BCUT2D eigenvalue weighted by molar-refractivity contribution is 5.61. The Bertz CT molecular complexity index is 766. The van der Waals surface area contributed by atoms with E-state index in [9.17, 15) is 5.11 Å². The normalized spacial score (nSPS) is 47.0. The zero-order valence-corrected chi connectivity index (χ0v) is 14.8. The van der Waals surface area contributed by atoms with Crippen LogP contribution in [0.3, 0.4) is 0 Å². The van der Waals surface area contributed by atoms with E-state index in [1.807, 2.05) is 0 Å². The van der Waals surface area contributed by atoms with E-state index in [0.717, 1.165) is 32.2 Å². The first kappa shape index (κ1) is 14.8. The number of fused-ring (bicyclic) bond motifs is 1. The monoisotopic (exact) mass is 343 g/mol. The molecule has 3 aliphatic heterocycles. The average molecular weight is 343 g/mol. The number of hydrogen-bond acceptors (Lipinski definition) is 5. The highest BCUT2D eigenvalue weighted by Crippen LogP contribution is 2.66. The van der Waals surface area contributed by atoms with Crippen LogP contribution in [0.4, 0.5) is 0 Å². The van der Waals surface area contributed by atoms with Crippen LogP contribution in [0.1, 0.15) is 37.3 Å². The van der Waals surface area contributed by atoms with E-state index in [1.165, 1.54) is 11.1 Å². The summed E-state index contributed by atoms with van der Waals surface area (Å²) < 4.78 is 19.1. The van der Waals surface area contributed by atoms with Crippen molar-refractivity contribution in [3.63, 3.8) is 0 Å². The molecule has 2 aliphatic carbocycles. The average Bonchev–Trinajstić information content (AvgIpc) is 3.14. The van der Waals surface area contributed by atoms with Gasteiger partial charge in [0.25, 0.3) is 0 Å². The van der Waals surface area contributed by atoms with E-state index < -0.39 is 5.79 Å². The molecule has 6 rings (SSSR count). The van der Waals surface area contributed by atoms with Crippen LogP contribution in [-0.2, 0) is 21.3 Å². The molecule has 1 saturated carbocycles. The van der Waals surface area contributed by atoms with Crippen LogP contribution < -0.4 is 4.74 Å². The molecule has 3 unspecified atom stereocenters. The molecule has 0 amide bonds. The fourth-order valence-corrected chi connectivity index (χ4v) is 6.64. The second-order valence-corrected chi connectivity index (χ2v) is 8.68. The van der Waals surface area contributed by atoms with Crippen molar-refractivity contribution in [2.24, 2.45) is 5.92 Å². The summed E-state index contributed by atoms with van der Waals surface area (Å²) in [6, 6.07) is 4.44. The third kappa shape index (κ3) is 1.57. The zero-order chi connectivity index (χ0) is 17.0. The maximum atomic E-state index is 10.5. The van der Waals surface area contributed by atoms with Gasteiger partial charge in [-0.2, -0.15) is 0 Å². The van der Waals surface area contributed by atoms with Crippen molar-refractivity contribution in [3.8, 4) is 11.5 Å². The highest BCUT2D eigenvalue weighted by Gasteiger charge is 2.71. The van der Waals surface area contributed by atoms with Crippen LogP contribution in [0.25, 0.3) is 0 Å². The molecule has 1 N–H and O–H groups in total. The minimum absolute atomic E-state index is 0.0822. The summed E-state index contributed by atoms with van der Waals surface area (Å²) in [5.41, 5.74) is 2.52. The van der Waals surface area contributed by atoms with Gasteiger partial charge in [-0.25, -0.2) is 0 Å². The molecule has 0 aromatic heterocycles. The number of likely N-dealkylation sites (tertiary alicyclic amines) is 1. The number of likely N-dealkylation sites (N-methyl/N-ethyl adjacent to an activating group) is 1. The summed E-state index contributed by atoms with van der Waals surface area (Å²) in [4.78, 5) is 2.53. The first-order valence-electron chi connectivity index (χ1n) is 9.59. The molecule has 1 aromatic rings. The molecular formula is C20H25NO4. The summed E-state index contributed by atoms with van der Waals surface area (Å²) in [5, 5.41) is 10.5. The van der Waals surface area contributed by atoms with Crippen molar-refractivity contribution in [3.05, 3.63) is 23.3 Å². The minimum Gasteiger partial charge on any atom is -0.504 e. The molecule has 5 aliphatic rings. The molecule has 134 valence electrons. The van der Waals surface area contributed by atoms with E-state index in [4.69, 9.17) is 14.2 Å². The molecule has 6 atom stereocenters. The lowest BCUT2D eigenvalue weighted by atomic mass is 9.50. The molecular weight excluding hydrogens is 318 g/mol. The van der Waals surface area contributed by atoms with Gasteiger partial charge < -0.3 is 24.2 Å². The topological polar surface area (TPSA) is 51.2 Å². The van der Waals surface area contributed by atoms with E-state index in [0.29, 0.717) is 24.3 Å². The van der Waals surface area contributed by atoms with Gasteiger partial charge in [-0.1, -0.05) is 6.07 Å². The van der Waals surface area contributed by atoms with Crippen molar-refractivity contribution in [2.45, 2.75) is 62.1 Å². The van der Waals surface area contributed by atoms with Gasteiger partial charge in [-0.05, 0) is 57.3 Å². The van der Waals surface area contributed by atoms with Gasteiger partial charge in [0.15, 0.2) is 17.6 Å². The summed E-state index contributed by atoms with van der Waals surface area (Å²) in [5.74, 6) is 0.847. The summed E-state index contributed by atoms with van der Waals surface area (Å²) in [7, 11) is 2.25. The first-order valence-corrected chi connectivity index (χ1v) is 9.59. The van der Waals surface area contributed by atoms with Crippen LogP contribution >= 0.6 is 0 Å². The van der Waals surface area contributed by atoms with Crippen molar-refractivity contribution >= 4 is 0 Å². The van der Waals surface area contributed by atoms with Crippen molar-refractivity contribution in [1.29, 1.82) is 0 Å². The van der Waals surface area contributed by atoms with Gasteiger partial charge >= 0.3 is 0 Å². The number of rotatable bonds is 0. The first-order chi connectivity index (χ1) is 12.1. The van der Waals surface area contributed by atoms with Gasteiger partial charge in [0, 0.05) is 23.4 Å². The Morgan fingerprint density at radius 2 is 2.16 bits per heavy atom. The summed E-state index contributed by atoms with van der Waals surface area (Å²) in [6.45, 7) is 3.75. The molecule has 1 aromatic carbocycles. The van der Waals surface area contributed by atoms with E-state index in [1.54, 1.807) is 6.07 Å². The Morgan fingerprint density at radius 3 is 2.96 bits per heavy atom. The Hall–Kier alpha value is -1.30. The van der Waals surface area contributed by atoms with E-state index >= 15 is 0 Å². The highest BCUT2D eigenvalue weighted by atomic mass is 16.8. The number of ether oxygens (including phenoxy) is 3. The Morgan fingerprint density at radius 1 is 1.28 bits per heavy atom. The molecule has 5 nitrogen and oxygen atoms in total. The predicted octanol–water partition coefficient (Wildman–Crippen LogP) is 2.19. The number of phenols is 1. The fourth-order valence-electron chi connectivity index (χ4n) is 6.64. The van der Waals surface area contributed by atoms with Gasteiger partial charge in [0.05, 0.1) is 12.7 Å². The Kier molecular flexibility index (Phi) is 2.67. The van der Waals surface area contributed by atoms with Crippen molar-refractivity contribution in [1.82, 2.24) is 4.90 Å². The lowest BCUT2D eigenvalue weighted by Gasteiger charge is -2.60. The number of aromatic hydroxyl groups is 1. The predicted molar refractivity (Wildman–Crippen MR) is 90.9 cm³/mol. The third-order valence-electron chi connectivity index (χ3n) is 7.56. The standard InChI is InChI=1S/C20H25NO4/c1-11-10-23-20(25-11)6-5-13-14-9-12-3-4-15(22)17-16(12)19(13,18(20)24-17)7-8-21(14)2/h3-4,11,13-14,18,22H,5-10H2,1-2H3/t11?,13?,14-,18-,19+,20?/m1/s1. The largest absolute Gasteiger partial charge is 0.504 e. The van der Waals surface area contributed by atoms with E-state index in [-0.39, 0.29) is 23.4 Å². The summed E-state index contributed by atoms with van der Waals surface area (Å²) in [6.07, 6.45) is 4.01. The van der Waals surface area contributed by atoms with Gasteiger partial charge in [-0.3, -0.25) is 0 Å². The Labute approximate surface area is 147 Å². The molecule has 2 saturated heterocycles. The van der Waals surface area contributed by atoms with Crippen molar-refractivity contribution in [2.75, 3.05) is 20.2 Å². The van der Waals surface area contributed by atoms with Crippen LogP contribution in [-0.4, -0.2) is 54.2 Å². The lowest BCUT2D eigenvalue weighted by molar-refractivity contribution is -0.266. The van der Waals surface area contributed by atoms with Crippen molar-refractivity contribution < 1.29 is 19.3 Å². The van der Waals surface area contributed by atoms with Crippen LogP contribution in [0.2, 0.25) is 0 Å². The second-order valence-electron chi connectivity index (χ2n) is 8.68. The third-order valence-corrected chi connectivity index (χ3v) is 7.56. The van der Waals surface area contributed by atoms with Crippen LogP contribution in [0, 0.1) is 5.92 Å². The van der Waals surface area contributed by atoms with Crippen LogP contribution in [0.15, 0.2) is 12.1 Å². The molecule has 5 heteroatoms. The SMILES string of the molecule is CC1COC2(CCC3[C@H]4Cc5ccc(O)c6c5[C@@]3(CCN4C)[C@H]2O6)O1.